The van der Waals surface area contributed by atoms with Crippen molar-refractivity contribution in [3.05, 3.63) is 29.6 Å². The third-order valence-electron chi connectivity index (χ3n) is 5.37. The molecule has 9 heteroatoms. The molecule has 3 rings (SSSR count). The van der Waals surface area contributed by atoms with Gasteiger partial charge in [0.15, 0.2) is 22.6 Å². The fourth-order valence-corrected chi connectivity index (χ4v) is 4.39. The molecule has 0 amide bonds. The van der Waals surface area contributed by atoms with Gasteiger partial charge in [0.1, 0.15) is 5.82 Å². The smallest absolute Gasteiger partial charge is 0.191 e. The van der Waals surface area contributed by atoms with E-state index in [1.165, 1.54) is 25.7 Å². The number of aromatic nitrogens is 3. The summed E-state index contributed by atoms with van der Waals surface area (Å²) < 4.78 is 12.9. The number of nitrogens with one attached hydrogen (secondary N) is 1. The number of nitrogens with two attached hydrogens (primary N) is 1. The molecule has 2 aromatic rings. The van der Waals surface area contributed by atoms with Crippen LogP contribution in [-0.2, 0) is 13.0 Å². The van der Waals surface area contributed by atoms with Crippen LogP contribution in [0.1, 0.15) is 49.5 Å². The first kappa shape index (κ1) is 22.3. The van der Waals surface area contributed by atoms with Crippen molar-refractivity contribution in [3.63, 3.8) is 0 Å². The minimum absolute atomic E-state index is 0.437. The zero-order valence-corrected chi connectivity index (χ0v) is 18.9. The fourth-order valence-electron chi connectivity index (χ4n) is 3.82. The van der Waals surface area contributed by atoms with Crippen LogP contribution in [-0.4, -0.2) is 47.7 Å². The Kier molecular flexibility index (Phi) is 8.24. The van der Waals surface area contributed by atoms with Gasteiger partial charge >= 0.3 is 0 Å². The normalized spacial score (nSPS) is 14.8. The molecule has 0 atom stereocenters. The Hall–Kier alpha value is -2.42. The Balaban J connectivity index is 1.48. The molecule has 0 unspecified atom stereocenters. The average Bonchev–Trinajstić information content (AvgIpc) is 3.44. The molecule has 0 spiro atoms. The molecule has 0 aliphatic heterocycles. The second-order valence-corrected chi connectivity index (χ2v) is 8.11. The highest BCUT2D eigenvalue weighted by atomic mass is 32.2. The Labute approximate surface area is 182 Å². The summed E-state index contributed by atoms with van der Waals surface area (Å²) in [5.41, 5.74) is 7.04. The highest BCUT2D eigenvalue weighted by Crippen LogP contribution is 2.33. The van der Waals surface area contributed by atoms with Crippen LogP contribution in [0.4, 0.5) is 0 Å². The maximum atomic E-state index is 6.03. The topological polar surface area (TPSA) is 99.6 Å². The van der Waals surface area contributed by atoms with Crippen molar-refractivity contribution in [2.75, 3.05) is 27.0 Å². The van der Waals surface area contributed by atoms with E-state index >= 15 is 0 Å². The van der Waals surface area contributed by atoms with Gasteiger partial charge < -0.3 is 25.1 Å². The zero-order valence-electron chi connectivity index (χ0n) is 18.1. The molecule has 0 saturated heterocycles. The van der Waals surface area contributed by atoms with E-state index in [0.717, 1.165) is 35.9 Å². The molecule has 0 radical (unpaired) electrons. The second-order valence-electron chi connectivity index (χ2n) is 7.33. The summed E-state index contributed by atoms with van der Waals surface area (Å²) >= 11 is 1.67. The van der Waals surface area contributed by atoms with Gasteiger partial charge in [-0.1, -0.05) is 30.7 Å². The van der Waals surface area contributed by atoms with Crippen molar-refractivity contribution in [2.24, 2.45) is 10.7 Å². The molecule has 1 aromatic heterocycles. The number of aryl methyl sites for hydroxylation is 1. The summed E-state index contributed by atoms with van der Waals surface area (Å²) in [6, 6.07) is 6.29. The maximum absolute atomic E-state index is 6.03. The van der Waals surface area contributed by atoms with Crippen molar-refractivity contribution in [1.29, 1.82) is 0 Å². The van der Waals surface area contributed by atoms with Crippen LogP contribution in [0.5, 0.6) is 11.5 Å². The summed E-state index contributed by atoms with van der Waals surface area (Å²) in [5.74, 6) is 2.90. The van der Waals surface area contributed by atoms with Crippen LogP contribution in [0.3, 0.4) is 0 Å². The number of hydrogen-bond acceptors (Lipinski definition) is 6. The Morgan fingerprint density at radius 2 is 2.00 bits per heavy atom. The summed E-state index contributed by atoms with van der Waals surface area (Å²) in [6.45, 7) is 1.22. The molecular formula is C21H32N6O2S. The highest BCUT2D eigenvalue weighted by Gasteiger charge is 2.23. The monoisotopic (exact) mass is 432 g/mol. The largest absolute Gasteiger partial charge is 0.493 e. The first-order chi connectivity index (χ1) is 14.7. The Morgan fingerprint density at radius 1 is 1.23 bits per heavy atom. The lowest BCUT2D eigenvalue weighted by Gasteiger charge is -2.16. The lowest BCUT2D eigenvalue weighted by Crippen LogP contribution is -2.32. The summed E-state index contributed by atoms with van der Waals surface area (Å²) in [4.78, 5) is 4.42. The summed E-state index contributed by atoms with van der Waals surface area (Å²) in [5, 5.41) is 13.0. The van der Waals surface area contributed by atoms with E-state index in [-0.39, 0.29) is 0 Å². The number of hydrogen-bond donors (Lipinski definition) is 2. The number of aliphatic imine (C=N–C) groups is 1. The molecule has 1 heterocycles. The van der Waals surface area contributed by atoms with Crippen LogP contribution in [0, 0.1) is 0 Å². The number of guanidine groups is 1. The van der Waals surface area contributed by atoms with E-state index in [0.29, 0.717) is 30.0 Å². The third kappa shape index (κ3) is 5.59. The molecular weight excluding hydrogens is 400 g/mol. The van der Waals surface area contributed by atoms with E-state index in [9.17, 15) is 0 Å². The van der Waals surface area contributed by atoms with Crippen molar-refractivity contribution < 1.29 is 9.47 Å². The van der Waals surface area contributed by atoms with Crippen molar-refractivity contribution in [3.8, 4) is 11.5 Å². The number of nitrogens with zero attached hydrogens (tertiary/aromatic N) is 4. The molecule has 8 nitrogen and oxygen atoms in total. The molecule has 1 aromatic carbocycles. The molecule has 0 bridgehead atoms. The molecule has 1 saturated carbocycles. The molecule has 1 aliphatic carbocycles. The van der Waals surface area contributed by atoms with Crippen LogP contribution >= 0.6 is 11.8 Å². The highest BCUT2D eigenvalue weighted by molar-refractivity contribution is 7.98. The van der Waals surface area contributed by atoms with Gasteiger partial charge in [-0.2, -0.15) is 0 Å². The van der Waals surface area contributed by atoms with Gasteiger partial charge in [-0.05, 0) is 43.2 Å². The number of ether oxygens (including phenoxy) is 2. The van der Waals surface area contributed by atoms with E-state index < -0.39 is 0 Å². The van der Waals surface area contributed by atoms with Crippen molar-refractivity contribution >= 4 is 17.7 Å². The molecule has 164 valence electrons. The standard InChI is InChI=1S/C21H32N6O2S/c1-28-17-11-10-15(13-18(17)29-2)14-24-20(22)23-12-6-9-19-25-26-21(30-3)27(19)16-7-4-5-8-16/h10-11,13,16H,4-9,12,14H2,1-3H3,(H3,22,23,24). The molecule has 1 aliphatic rings. The van der Waals surface area contributed by atoms with Gasteiger partial charge in [-0.3, -0.25) is 0 Å². The number of rotatable bonds is 10. The van der Waals surface area contributed by atoms with Crippen LogP contribution < -0.4 is 20.5 Å². The van der Waals surface area contributed by atoms with Crippen LogP contribution in [0.2, 0.25) is 0 Å². The first-order valence-electron chi connectivity index (χ1n) is 10.4. The number of benzene rings is 1. The molecule has 1 fully saturated rings. The van der Waals surface area contributed by atoms with Gasteiger partial charge in [0.25, 0.3) is 0 Å². The maximum Gasteiger partial charge on any atom is 0.191 e. The Morgan fingerprint density at radius 3 is 2.70 bits per heavy atom. The van der Waals surface area contributed by atoms with Gasteiger partial charge in [0.05, 0.1) is 20.8 Å². The number of methoxy groups -OCH3 is 2. The lowest BCUT2D eigenvalue weighted by atomic mass is 10.2. The first-order valence-corrected chi connectivity index (χ1v) is 11.6. The quantitative estimate of drug-likeness (QED) is 0.257. The van der Waals surface area contributed by atoms with E-state index in [4.69, 9.17) is 15.2 Å². The summed E-state index contributed by atoms with van der Waals surface area (Å²) in [6.07, 6.45) is 8.91. The zero-order chi connectivity index (χ0) is 21.3. The molecule has 30 heavy (non-hydrogen) atoms. The average molecular weight is 433 g/mol. The van der Waals surface area contributed by atoms with Crippen LogP contribution in [0.25, 0.3) is 0 Å². The minimum atomic E-state index is 0.437. The van der Waals surface area contributed by atoms with E-state index in [1.54, 1.807) is 26.0 Å². The SMILES string of the molecule is COc1ccc(CN=C(N)NCCCc2nnc(SC)n2C2CCCC2)cc1OC. The van der Waals surface area contributed by atoms with Gasteiger partial charge in [-0.15, -0.1) is 10.2 Å². The van der Waals surface area contributed by atoms with Crippen molar-refractivity contribution in [1.82, 2.24) is 20.1 Å². The predicted molar refractivity (Wildman–Crippen MR) is 121 cm³/mol. The van der Waals surface area contributed by atoms with E-state index in [2.05, 4.69) is 31.3 Å². The molecule has 3 N–H and O–H groups in total. The summed E-state index contributed by atoms with van der Waals surface area (Å²) in [7, 11) is 3.24. The van der Waals surface area contributed by atoms with Crippen molar-refractivity contribution in [2.45, 2.75) is 56.3 Å². The fraction of sp³-hybridized carbons (Fsp3) is 0.571. The third-order valence-corrected chi connectivity index (χ3v) is 6.01. The predicted octanol–water partition coefficient (Wildman–Crippen LogP) is 3.17. The minimum Gasteiger partial charge on any atom is -0.493 e. The van der Waals surface area contributed by atoms with Gasteiger partial charge in [0.2, 0.25) is 0 Å². The number of thioether (sulfide) groups is 1. The van der Waals surface area contributed by atoms with Gasteiger partial charge in [-0.25, -0.2) is 4.99 Å². The van der Waals surface area contributed by atoms with Gasteiger partial charge in [0, 0.05) is 19.0 Å². The Bertz CT molecular complexity index is 848. The second kappa shape index (κ2) is 11.1. The van der Waals surface area contributed by atoms with E-state index in [1.807, 2.05) is 18.2 Å². The lowest BCUT2D eigenvalue weighted by molar-refractivity contribution is 0.354. The van der Waals surface area contributed by atoms with Crippen LogP contribution in [0.15, 0.2) is 28.3 Å².